The molecule has 0 saturated carbocycles. The normalized spacial score (nSPS) is 16.8. The van der Waals surface area contributed by atoms with Crippen molar-refractivity contribution in [2.75, 3.05) is 19.6 Å². The highest BCUT2D eigenvalue weighted by atomic mass is 32.2. The van der Waals surface area contributed by atoms with Gasteiger partial charge in [0.05, 0.1) is 5.56 Å². The maximum absolute atomic E-state index is 12.1. The van der Waals surface area contributed by atoms with Crippen molar-refractivity contribution in [2.45, 2.75) is 25.7 Å². The number of carboxylic acid groups (broad SMARTS) is 1. The van der Waals surface area contributed by atoms with E-state index < -0.39 is 16.2 Å². The Hall–Kier alpha value is -1.44. The third kappa shape index (κ3) is 4.26. The van der Waals surface area contributed by atoms with Crippen LogP contribution in [0.3, 0.4) is 0 Å². The summed E-state index contributed by atoms with van der Waals surface area (Å²) in [6.45, 7) is 1.31. The Kier molecular flexibility index (Phi) is 5.33. The molecule has 0 atom stereocenters. The predicted molar refractivity (Wildman–Crippen MR) is 79.5 cm³/mol. The van der Waals surface area contributed by atoms with Crippen molar-refractivity contribution >= 4 is 16.2 Å². The number of carboxylic acids is 1. The SMILES string of the molecule is O=C(O)c1ccccc1CCNS(=O)(=O)N1CCCCC1. The van der Waals surface area contributed by atoms with Gasteiger partial charge in [-0.2, -0.15) is 12.7 Å². The summed E-state index contributed by atoms with van der Waals surface area (Å²) in [5, 5.41) is 9.08. The minimum absolute atomic E-state index is 0.198. The molecule has 0 aliphatic carbocycles. The van der Waals surface area contributed by atoms with E-state index in [1.54, 1.807) is 18.2 Å². The lowest BCUT2D eigenvalue weighted by atomic mass is 10.1. The number of piperidine rings is 1. The molecule has 1 saturated heterocycles. The molecule has 2 rings (SSSR count). The van der Waals surface area contributed by atoms with Crippen LogP contribution in [0.4, 0.5) is 0 Å². The van der Waals surface area contributed by atoms with E-state index in [1.807, 2.05) is 0 Å². The predicted octanol–water partition coefficient (Wildman–Crippen LogP) is 1.25. The number of aromatic carboxylic acids is 1. The maximum atomic E-state index is 12.1. The van der Waals surface area contributed by atoms with Crippen LogP contribution < -0.4 is 4.72 Å². The van der Waals surface area contributed by atoms with Gasteiger partial charge in [-0.15, -0.1) is 0 Å². The molecule has 6 nitrogen and oxygen atoms in total. The summed E-state index contributed by atoms with van der Waals surface area (Å²) in [6, 6.07) is 6.64. The minimum atomic E-state index is -3.45. The summed E-state index contributed by atoms with van der Waals surface area (Å²) in [5.74, 6) is -0.996. The van der Waals surface area contributed by atoms with Gasteiger partial charge in [-0.25, -0.2) is 9.52 Å². The smallest absolute Gasteiger partial charge is 0.335 e. The van der Waals surface area contributed by atoms with Crippen molar-refractivity contribution in [3.63, 3.8) is 0 Å². The summed E-state index contributed by atoms with van der Waals surface area (Å²) >= 11 is 0. The maximum Gasteiger partial charge on any atom is 0.335 e. The third-order valence-electron chi connectivity index (χ3n) is 3.58. The van der Waals surface area contributed by atoms with Crippen LogP contribution in [0.2, 0.25) is 0 Å². The van der Waals surface area contributed by atoms with E-state index in [9.17, 15) is 13.2 Å². The van der Waals surface area contributed by atoms with E-state index in [1.165, 1.54) is 10.4 Å². The van der Waals surface area contributed by atoms with Crippen LogP contribution in [-0.2, 0) is 16.6 Å². The molecule has 1 aliphatic heterocycles. The van der Waals surface area contributed by atoms with Crippen LogP contribution >= 0.6 is 0 Å². The molecule has 0 amide bonds. The van der Waals surface area contributed by atoms with E-state index in [4.69, 9.17) is 5.11 Å². The molecular formula is C14H20N2O4S. The molecule has 7 heteroatoms. The Bertz CT molecular complexity index is 595. The number of rotatable bonds is 6. The van der Waals surface area contributed by atoms with Crippen LogP contribution in [0.15, 0.2) is 24.3 Å². The van der Waals surface area contributed by atoms with Crippen molar-refractivity contribution in [3.05, 3.63) is 35.4 Å². The Morgan fingerprint density at radius 1 is 1.19 bits per heavy atom. The van der Waals surface area contributed by atoms with E-state index in [2.05, 4.69) is 4.72 Å². The monoisotopic (exact) mass is 312 g/mol. The second-order valence-corrected chi connectivity index (χ2v) is 6.83. The van der Waals surface area contributed by atoms with Gasteiger partial charge in [0.1, 0.15) is 0 Å². The highest BCUT2D eigenvalue weighted by Crippen LogP contribution is 2.12. The molecule has 1 aromatic rings. The molecule has 21 heavy (non-hydrogen) atoms. The van der Waals surface area contributed by atoms with Gasteiger partial charge in [-0.3, -0.25) is 0 Å². The minimum Gasteiger partial charge on any atom is -0.478 e. The van der Waals surface area contributed by atoms with Gasteiger partial charge in [0, 0.05) is 19.6 Å². The first kappa shape index (κ1) is 15.9. The lowest BCUT2D eigenvalue weighted by molar-refractivity contribution is 0.0695. The summed E-state index contributed by atoms with van der Waals surface area (Å²) in [5.41, 5.74) is 0.848. The summed E-state index contributed by atoms with van der Waals surface area (Å²) in [7, 11) is -3.45. The lowest BCUT2D eigenvalue weighted by Gasteiger charge is -2.25. The van der Waals surface area contributed by atoms with Crippen molar-refractivity contribution in [1.29, 1.82) is 0 Å². The molecule has 0 radical (unpaired) electrons. The zero-order valence-electron chi connectivity index (χ0n) is 11.8. The Balaban J connectivity index is 1.93. The van der Waals surface area contributed by atoms with Crippen LogP contribution in [0.5, 0.6) is 0 Å². The Labute approximate surface area is 125 Å². The number of benzene rings is 1. The van der Waals surface area contributed by atoms with Gasteiger partial charge in [0.2, 0.25) is 0 Å². The molecule has 1 aromatic carbocycles. The zero-order valence-corrected chi connectivity index (χ0v) is 12.6. The molecule has 0 aromatic heterocycles. The fourth-order valence-corrected chi connectivity index (χ4v) is 3.74. The van der Waals surface area contributed by atoms with Crippen LogP contribution in [0.1, 0.15) is 35.2 Å². The Morgan fingerprint density at radius 2 is 1.86 bits per heavy atom. The molecule has 0 unspecified atom stereocenters. The van der Waals surface area contributed by atoms with Crippen LogP contribution in [0.25, 0.3) is 0 Å². The summed E-state index contributed by atoms with van der Waals surface area (Å²) < 4.78 is 28.2. The first-order valence-electron chi connectivity index (χ1n) is 7.06. The van der Waals surface area contributed by atoms with Gasteiger partial charge in [0.25, 0.3) is 10.2 Å². The average Bonchev–Trinajstić information content (AvgIpc) is 2.48. The third-order valence-corrected chi connectivity index (χ3v) is 5.20. The molecule has 2 N–H and O–H groups in total. The number of nitrogens with one attached hydrogen (secondary N) is 1. The molecule has 116 valence electrons. The van der Waals surface area contributed by atoms with Gasteiger partial charge in [-0.1, -0.05) is 24.6 Å². The Morgan fingerprint density at radius 3 is 2.52 bits per heavy atom. The van der Waals surface area contributed by atoms with Crippen molar-refractivity contribution in [2.24, 2.45) is 0 Å². The molecule has 1 aliphatic rings. The van der Waals surface area contributed by atoms with Crippen molar-refractivity contribution in [3.8, 4) is 0 Å². The fraction of sp³-hybridized carbons (Fsp3) is 0.500. The van der Waals surface area contributed by atoms with Gasteiger partial charge in [-0.05, 0) is 30.9 Å². The van der Waals surface area contributed by atoms with E-state index >= 15 is 0 Å². The molecule has 1 heterocycles. The fourth-order valence-electron chi connectivity index (χ4n) is 2.46. The molecule has 0 spiro atoms. The first-order chi connectivity index (χ1) is 10.0. The number of hydrogen-bond acceptors (Lipinski definition) is 3. The quantitative estimate of drug-likeness (QED) is 0.827. The largest absolute Gasteiger partial charge is 0.478 e. The topological polar surface area (TPSA) is 86.7 Å². The van der Waals surface area contributed by atoms with E-state index in [0.29, 0.717) is 25.1 Å². The van der Waals surface area contributed by atoms with Crippen LogP contribution in [0, 0.1) is 0 Å². The van der Waals surface area contributed by atoms with Crippen molar-refractivity contribution < 1.29 is 18.3 Å². The summed E-state index contributed by atoms with van der Waals surface area (Å²) in [6.07, 6.45) is 3.21. The first-order valence-corrected chi connectivity index (χ1v) is 8.50. The van der Waals surface area contributed by atoms with Gasteiger partial charge >= 0.3 is 5.97 Å². The molecule has 1 fully saturated rings. The van der Waals surface area contributed by atoms with Gasteiger partial charge < -0.3 is 5.11 Å². The second-order valence-electron chi connectivity index (χ2n) is 5.07. The van der Waals surface area contributed by atoms with Crippen molar-refractivity contribution in [1.82, 2.24) is 9.03 Å². The highest BCUT2D eigenvalue weighted by Gasteiger charge is 2.23. The molecule has 0 bridgehead atoms. The van der Waals surface area contributed by atoms with E-state index in [0.717, 1.165) is 19.3 Å². The average molecular weight is 312 g/mol. The zero-order chi connectivity index (χ0) is 15.3. The number of carbonyl (C=O) groups is 1. The standard InChI is InChI=1S/C14H20N2O4S/c17-14(18)13-7-3-2-6-12(13)8-9-15-21(19,20)16-10-4-1-5-11-16/h2-3,6-7,15H,1,4-5,8-11H2,(H,17,18). The number of hydrogen-bond donors (Lipinski definition) is 2. The highest BCUT2D eigenvalue weighted by molar-refractivity contribution is 7.87. The number of nitrogens with zero attached hydrogens (tertiary/aromatic N) is 1. The lowest BCUT2D eigenvalue weighted by Crippen LogP contribution is -2.44. The van der Waals surface area contributed by atoms with E-state index in [-0.39, 0.29) is 12.1 Å². The molecular weight excluding hydrogens is 292 g/mol. The summed E-state index contributed by atoms with van der Waals surface area (Å²) in [4.78, 5) is 11.1. The second kappa shape index (κ2) is 7.02. The van der Waals surface area contributed by atoms with Gasteiger partial charge in [0.15, 0.2) is 0 Å². The van der Waals surface area contributed by atoms with Crippen LogP contribution in [-0.4, -0.2) is 43.4 Å².